The van der Waals surface area contributed by atoms with E-state index in [-0.39, 0.29) is 17.2 Å². The maximum Gasteiger partial charge on any atom is 0.408 e. The Morgan fingerprint density at radius 2 is 1.45 bits per heavy atom. The van der Waals surface area contributed by atoms with E-state index in [0.29, 0.717) is 6.61 Å². The third-order valence-corrected chi connectivity index (χ3v) is 12.0. The van der Waals surface area contributed by atoms with Gasteiger partial charge in [0.1, 0.15) is 0 Å². The highest BCUT2D eigenvalue weighted by Crippen LogP contribution is 2.38. The fourth-order valence-corrected chi connectivity index (χ4v) is 9.65. The minimum Gasteiger partial charge on any atom is -0.439 e. The fourth-order valence-electron chi connectivity index (χ4n) is 4.66. The van der Waals surface area contributed by atoms with Crippen LogP contribution in [0.5, 0.6) is 0 Å². The van der Waals surface area contributed by atoms with Gasteiger partial charge in [0, 0.05) is 4.90 Å². The highest BCUT2D eigenvalue weighted by atomic mass is 32.2. The molecule has 3 aromatic carbocycles. The van der Waals surface area contributed by atoms with Gasteiger partial charge in [-0.2, -0.15) is 0 Å². The first kappa shape index (κ1) is 23.6. The summed E-state index contributed by atoms with van der Waals surface area (Å²) >= 11 is 1.69. The van der Waals surface area contributed by atoms with Gasteiger partial charge >= 0.3 is 6.09 Å². The second kappa shape index (κ2) is 9.75. The SMILES string of the molecule is CSc1ccc([C@H]2OC(=O)N[C@@H]2CO[Si](c2ccccc2)(c2ccccc2)C(C)(C)C)cc1. The molecule has 0 unspecified atom stereocenters. The first-order valence-electron chi connectivity index (χ1n) is 11.2. The zero-order chi connectivity index (χ0) is 23.5. The number of alkyl carbamates (subject to hydrolysis) is 1. The van der Waals surface area contributed by atoms with Crippen molar-refractivity contribution in [2.45, 2.75) is 42.9 Å². The summed E-state index contributed by atoms with van der Waals surface area (Å²) in [4.78, 5) is 13.4. The quantitative estimate of drug-likeness (QED) is 0.378. The van der Waals surface area contributed by atoms with Crippen LogP contribution in [0.3, 0.4) is 0 Å². The van der Waals surface area contributed by atoms with Gasteiger partial charge in [-0.1, -0.05) is 93.6 Å². The topological polar surface area (TPSA) is 47.6 Å². The maximum atomic E-state index is 12.2. The number of carbonyl (C=O) groups excluding carboxylic acids is 1. The molecule has 1 aliphatic heterocycles. The van der Waals surface area contributed by atoms with Crippen LogP contribution < -0.4 is 15.7 Å². The van der Waals surface area contributed by atoms with Crippen LogP contribution >= 0.6 is 11.8 Å². The number of rotatable bonds is 7. The predicted molar refractivity (Wildman–Crippen MR) is 138 cm³/mol. The number of hydrogen-bond donors (Lipinski definition) is 1. The van der Waals surface area contributed by atoms with Gasteiger partial charge < -0.3 is 14.5 Å². The second-order valence-electron chi connectivity index (χ2n) is 9.32. The Kier molecular flexibility index (Phi) is 6.98. The number of amides is 1. The lowest BCUT2D eigenvalue weighted by Gasteiger charge is -2.43. The van der Waals surface area contributed by atoms with E-state index in [1.807, 2.05) is 30.5 Å². The van der Waals surface area contributed by atoms with E-state index >= 15 is 0 Å². The molecule has 4 nitrogen and oxygen atoms in total. The summed E-state index contributed by atoms with van der Waals surface area (Å²) < 4.78 is 12.7. The molecular formula is C27H31NO3SSi. The van der Waals surface area contributed by atoms with Crippen molar-refractivity contribution in [1.29, 1.82) is 0 Å². The van der Waals surface area contributed by atoms with Gasteiger partial charge in [-0.05, 0) is 39.4 Å². The molecule has 0 aliphatic carbocycles. The molecule has 0 bridgehead atoms. The lowest BCUT2D eigenvalue weighted by molar-refractivity contribution is 0.121. The van der Waals surface area contributed by atoms with E-state index in [9.17, 15) is 4.79 Å². The van der Waals surface area contributed by atoms with Gasteiger partial charge in [0.15, 0.2) is 6.10 Å². The van der Waals surface area contributed by atoms with Crippen molar-refractivity contribution in [2.24, 2.45) is 0 Å². The molecule has 0 aromatic heterocycles. The fraction of sp³-hybridized carbons (Fsp3) is 0.296. The Hall–Kier alpha value is -2.54. The lowest BCUT2D eigenvalue weighted by Crippen LogP contribution is -2.67. The summed E-state index contributed by atoms with van der Waals surface area (Å²) in [6, 6.07) is 29.0. The molecule has 4 rings (SSSR count). The number of nitrogens with one attached hydrogen (secondary N) is 1. The van der Waals surface area contributed by atoms with Crippen molar-refractivity contribution in [3.05, 3.63) is 90.5 Å². The zero-order valence-electron chi connectivity index (χ0n) is 19.6. The van der Waals surface area contributed by atoms with Crippen molar-refractivity contribution < 1.29 is 14.0 Å². The van der Waals surface area contributed by atoms with E-state index in [0.717, 1.165) is 5.56 Å². The Morgan fingerprint density at radius 3 is 1.94 bits per heavy atom. The van der Waals surface area contributed by atoms with Crippen LogP contribution in [0.4, 0.5) is 4.79 Å². The van der Waals surface area contributed by atoms with Gasteiger partial charge in [0.2, 0.25) is 0 Å². The average Bonchev–Trinajstić information content (AvgIpc) is 3.20. The number of carbonyl (C=O) groups is 1. The monoisotopic (exact) mass is 477 g/mol. The maximum absolute atomic E-state index is 12.2. The molecule has 0 saturated carbocycles. The van der Waals surface area contributed by atoms with Gasteiger partial charge in [0.05, 0.1) is 12.6 Å². The molecule has 1 fully saturated rings. The van der Waals surface area contributed by atoms with Crippen LogP contribution in [0.2, 0.25) is 5.04 Å². The van der Waals surface area contributed by atoms with Crippen molar-refractivity contribution >= 4 is 36.5 Å². The number of benzene rings is 3. The molecule has 3 aromatic rings. The van der Waals surface area contributed by atoms with E-state index in [4.69, 9.17) is 9.16 Å². The van der Waals surface area contributed by atoms with E-state index in [1.165, 1.54) is 15.3 Å². The summed E-state index contributed by atoms with van der Waals surface area (Å²) in [6.45, 7) is 7.12. The summed E-state index contributed by atoms with van der Waals surface area (Å²) in [6.07, 6.45) is 1.27. The number of hydrogen-bond acceptors (Lipinski definition) is 4. The molecule has 1 saturated heterocycles. The van der Waals surface area contributed by atoms with Crippen LogP contribution in [0.1, 0.15) is 32.4 Å². The molecule has 172 valence electrons. The van der Waals surface area contributed by atoms with Crippen molar-refractivity contribution in [1.82, 2.24) is 5.32 Å². The minimum atomic E-state index is -2.69. The molecule has 6 heteroatoms. The molecular weight excluding hydrogens is 446 g/mol. The van der Waals surface area contributed by atoms with E-state index < -0.39 is 14.4 Å². The van der Waals surface area contributed by atoms with Crippen LogP contribution in [0.15, 0.2) is 89.8 Å². The lowest BCUT2D eigenvalue weighted by atomic mass is 10.0. The molecule has 1 amide bonds. The molecule has 1 aliphatic rings. The van der Waals surface area contributed by atoms with Crippen LogP contribution in [-0.2, 0) is 9.16 Å². The molecule has 0 spiro atoms. The Morgan fingerprint density at radius 1 is 0.909 bits per heavy atom. The largest absolute Gasteiger partial charge is 0.439 e. The van der Waals surface area contributed by atoms with Crippen LogP contribution in [-0.4, -0.2) is 33.3 Å². The van der Waals surface area contributed by atoms with Gasteiger partial charge in [-0.3, -0.25) is 0 Å². The smallest absolute Gasteiger partial charge is 0.408 e. The minimum absolute atomic E-state index is 0.130. The summed E-state index contributed by atoms with van der Waals surface area (Å²) in [5.41, 5.74) is 0.974. The molecule has 1 N–H and O–H groups in total. The third kappa shape index (κ3) is 4.74. The normalized spacial score (nSPS) is 18.6. The number of cyclic esters (lactones) is 1. The van der Waals surface area contributed by atoms with Crippen molar-refractivity contribution in [2.75, 3.05) is 12.9 Å². The average molecular weight is 478 g/mol. The first-order chi connectivity index (χ1) is 15.8. The molecule has 2 atom stereocenters. The highest BCUT2D eigenvalue weighted by Gasteiger charge is 2.51. The summed E-state index contributed by atoms with van der Waals surface area (Å²) in [5.74, 6) is 0. The number of ether oxygens (including phenoxy) is 1. The van der Waals surface area contributed by atoms with Crippen molar-refractivity contribution in [3.63, 3.8) is 0 Å². The summed E-state index contributed by atoms with van der Waals surface area (Å²) in [5, 5.41) is 5.29. The van der Waals surface area contributed by atoms with Gasteiger partial charge in [-0.25, -0.2) is 4.79 Å². The van der Waals surface area contributed by atoms with Gasteiger partial charge in [-0.15, -0.1) is 11.8 Å². The first-order valence-corrected chi connectivity index (χ1v) is 14.3. The highest BCUT2D eigenvalue weighted by molar-refractivity contribution is 7.98. The van der Waals surface area contributed by atoms with Gasteiger partial charge in [0.25, 0.3) is 8.32 Å². The van der Waals surface area contributed by atoms with Crippen LogP contribution in [0.25, 0.3) is 0 Å². The van der Waals surface area contributed by atoms with E-state index in [1.54, 1.807) is 11.8 Å². The Bertz CT molecular complexity index is 1030. The molecule has 0 radical (unpaired) electrons. The Labute approximate surface area is 201 Å². The van der Waals surface area contributed by atoms with E-state index in [2.05, 4.69) is 86.8 Å². The standard InChI is InChI=1S/C27H31NO3SSi/c1-27(2,3)33(22-11-7-5-8-12-22,23-13-9-6-10-14-23)30-19-24-25(31-26(29)28-24)20-15-17-21(32-4)18-16-20/h5-18,24-25H,19H2,1-4H3,(H,28,29)/t24-,25-/m1/s1. The molecule has 1 heterocycles. The molecule has 33 heavy (non-hydrogen) atoms. The van der Waals surface area contributed by atoms with Crippen molar-refractivity contribution in [3.8, 4) is 0 Å². The zero-order valence-corrected chi connectivity index (χ0v) is 21.4. The predicted octanol–water partition coefficient (Wildman–Crippen LogP) is 5.13. The van der Waals surface area contributed by atoms with Crippen LogP contribution in [0, 0.1) is 0 Å². The number of thioether (sulfide) groups is 1. The Balaban J connectivity index is 1.70. The second-order valence-corrected chi connectivity index (χ2v) is 14.5. The summed E-state index contributed by atoms with van der Waals surface area (Å²) in [7, 11) is -2.69. The third-order valence-electron chi connectivity index (χ3n) is 6.24.